The van der Waals surface area contributed by atoms with E-state index in [-0.39, 0.29) is 12.0 Å². The number of fused-ring (bicyclic) bond motifs is 4. The average molecular weight is 441 g/mol. The molecule has 0 spiro atoms. The molecule has 0 saturated heterocycles. The Morgan fingerprint density at radius 1 is 1.10 bits per heavy atom. The summed E-state index contributed by atoms with van der Waals surface area (Å²) in [6.45, 7) is 7.17. The van der Waals surface area contributed by atoms with E-state index in [1.165, 1.54) is 64.2 Å². The standard InChI is InChI=1S/C26H39F3O2/c1-17(7-6-16-31-23(30)26(27,28)29)20-11-12-21-19-10-9-18-8-4-5-14-24(18,2)22(19)13-15-25(20,21)3/h17-18,20,22H,4-16H2,1-3H3/t17-,18?,20-,22+,24+,25-/m1/s1. The molecule has 0 heterocycles. The second kappa shape index (κ2) is 8.41. The third-order valence-electron chi connectivity index (χ3n) is 9.94. The first kappa shape index (κ1) is 23.2. The highest BCUT2D eigenvalue weighted by molar-refractivity contribution is 5.75. The van der Waals surface area contributed by atoms with Crippen LogP contribution in [-0.2, 0) is 9.53 Å². The molecule has 0 radical (unpaired) electrons. The number of hydrogen-bond acceptors (Lipinski definition) is 2. The van der Waals surface area contributed by atoms with Crippen LogP contribution in [0, 0.1) is 34.5 Å². The number of esters is 1. The Kier molecular flexibility index (Phi) is 6.28. The summed E-state index contributed by atoms with van der Waals surface area (Å²) in [5.74, 6) is 0.656. The van der Waals surface area contributed by atoms with Gasteiger partial charge in [-0.25, -0.2) is 4.79 Å². The van der Waals surface area contributed by atoms with Gasteiger partial charge in [-0.1, -0.05) is 44.8 Å². The van der Waals surface area contributed by atoms with Crippen molar-refractivity contribution in [1.29, 1.82) is 0 Å². The maximum Gasteiger partial charge on any atom is 0.490 e. The molecule has 0 aromatic heterocycles. The Balaban J connectivity index is 1.41. The van der Waals surface area contributed by atoms with Crippen LogP contribution in [0.4, 0.5) is 13.2 Å². The van der Waals surface area contributed by atoms with Crippen LogP contribution in [0.1, 0.15) is 97.8 Å². The fourth-order valence-corrected chi connectivity index (χ4v) is 8.33. The van der Waals surface area contributed by atoms with Gasteiger partial charge in [-0.2, -0.15) is 13.2 Å². The van der Waals surface area contributed by atoms with E-state index in [9.17, 15) is 18.0 Å². The maximum atomic E-state index is 12.3. The van der Waals surface area contributed by atoms with E-state index in [1.807, 2.05) is 5.57 Å². The lowest BCUT2D eigenvalue weighted by Crippen LogP contribution is -2.46. The topological polar surface area (TPSA) is 26.3 Å². The number of rotatable bonds is 5. The van der Waals surface area contributed by atoms with Crippen molar-refractivity contribution >= 4 is 5.97 Å². The predicted octanol–water partition coefficient (Wildman–Crippen LogP) is 7.62. The molecule has 31 heavy (non-hydrogen) atoms. The number of carbonyl (C=O) groups excluding carboxylic acids is 1. The van der Waals surface area contributed by atoms with Gasteiger partial charge in [-0.3, -0.25) is 0 Å². The van der Waals surface area contributed by atoms with Gasteiger partial charge < -0.3 is 4.74 Å². The van der Waals surface area contributed by atoms with Gasteiger partial charge in [0.1, 0.15) is 0 Å². The minimum absolute atomic E-state index is 0.137. The Bertz CT molecular complexity index is 727. The molecule has 5 heteroatoms. The van der Waals surface area contributed by atoms with Gasteiger partial charge >= 0.3 is 12.1 Å². The third kappa shape index (κ3) is 4.08. The van der Waals surface area contributed by atoms with E-state index in [0.29, 0.717) is 23.7 Å². The van der Waals surface area contributed by atoms with Crippen LogP contribution < -0.4 is 0 Å². The van der Waals surface area contributed by atoms with Crippen molar-refractivity contribution < 1.29 is 22.7 Å². The van der Waals surface area contributed by atoms with Crippen molar-refractivity contribution in [3.05, 3.63) is 11.1 Å². The molecule has 0 amide bonds. The van der Waals surface area contributed by atoms with E-state index in [2.05, 4.69) is 25.5 Å². The van der Waals surface area contributed by atoms with Crippen LogP contribution in [0.5, 0.6) is 0 Å². The van der Waals surface area contributed by atoms with Crippen molar-refractivity contribution in [2.24, 2.45) is 34.5 Å². The van der Waals surface area contributed by atoms with E-state index in [1.54, 1.807) is 5.57 Å². The lowest BCUT2D eigenvalue weighted by atomic mass is 9.49. The summed E-state index contributed by atoms with van der Waals surface area (Å²) < 4.78 is 41.3. The quantitative estimate of drug-likeness (QED) is 0.250. The molecular formula is C26H39F3O2. The molecule has 4 aliphatic rings. The maximum absolute atomic E-state index is 12.3. The van der Waals surface area contributed by atoms with Crippen molar-refractivity contribution in [2.45, 2.75) is 104 Å². The van der Waals surface area contributed by atoms with Gasteiger partial charge in [0.2, 0.25) is 0 Å². The minimum atomic E-state index is -4.89. The van der Waals surface area contributed by atoms with Crippen LogP contribution in [0.25, 0.3) is 0 Å². The number of alkyl halides is 3. The zero-order chi connectivity index (χ0) is 22.4. The first-order valence-corrected chi connectivity index (χ1v) is 12.5. The van der Waals surface area contributed by atoms with Gasteiger partial charge in [0.15, 0.2) is 0 Å². The Hall–Kier alpha value is -1.00. The van der Waals surface area contributed by atoms with Gasteiger partial charge in [-0.15, -0.1) is 0 Å². The summed E-state index contributed by atoms with van der Waals surface area (Å²) in [6.07, 6.45) is 9.70. The fourth-order valence-electron chi connectivity index (χ4n) is 8.33. The number of ether oxygens (including phenoxy) is 1. The largest absolute Gasteiger partial charge is 0.490 e. The molecule has 2 nitrogen and oxygen atoms in total. The lowest BCUT2D eigenvalue weighted by molar-refractivity contribution is -0.199. The van der Waals surface area contributed by atoms with Gasteiger partial charge in [-0.05, 0) is 98.7 Å². The van der Waals surface area contributed by atoms with E-state index >= 15 is 0 Å². The molecule has 0 N–H and O–H groups in total. The Labute approximate surface area is 185 Å². The SMILES string of the molecule is C[C@H](CCCOC(=O)C(F)(F)F)[C@H]1CCC2=C3CCC4CCCC[C@]4(C)[C@H]3CC[C@@]21C. The first-order chi connectivity index (χ1) is 14.6. The molecule has 0 bridgehead atoms. The smallest absolute Gasteiger partial charge is 0.459 e. The molecule has 6 atom stereocenters. The zero-order valence-electron chi connectivity index (χ0n) is 19.5. The first-order valence-electron chi connectivity index (χ1n) is 12.5. The third-order valence-corrected chi connectivity index (χ3v) is 9.94. The molecule has 0 aliphatic heterocycles. The average Bonchev–Trinajstić information content (AvgIpc) is 3.07. The summed E-state index contributed by atoms with van der Waals surface area (Å²) in [4.78, 5) is 10.9. The molecule has 0 aromatic carbocycles. The van der Waals surface area contributed by atoms with E-state index < -0.39 is 12.1 Å². The summed E-state index contributed by atoms with van der Waals surface area (Å²) in [6, 6.07) is 0. The van der Waals surface area contributed by atoms with Crippen LogP contribution in [0.15, 0.2) is 11.1 Å². The van der Waals surface area contributed by atoms with Crippen molar-refractivity contribution in [1.82, 2.24) is 0 Å². The minimum Gasteiger partial charge on any atom is -0.459 e. The number of halogens is 3. The van der Waals surface area contributed by atoms with Crippen molar-refractivity contribution in [2.75, 3.05) is 6.61 Å². The molecule has 4 rings (SSSR count). The second-order valence-corrected chi connectivity index (χ2v) is 11.4. The summed E-state index contributed by atoms with van der Waals surface area (Å²) >= 11 is 0. The monoisotopic (exact) mass is 440 g/mol. The van der Waals surface area contributed by atoms with Gasteiger partial charge in [0.25, 0.3) is 0 Å². The lowest BCUT2D eigenvalue weighted by Gasteiger charge is -2.56. The van der Waals surface area contributed by atoms with Crippen LogP contribution in [0.3, 0.4) is 0 Å². The molecule has 1 unspecified atom stereocenters. The van der Waals surface area contributed by atoms with E-state index in [0.717, 1.165) is 18.3 Å². The highest BCUT2D eigenvalue weighted by Gasteiger charge is 2.54. The molecule has 176 valence electrons. The normalized spacial score (nSPS) is 38.8. The molecule has 0 aromatic rings. The second-order valence-electron chi connectivity index (χ2n) is 11.4. The molecule has 3 fully saturated rings. The number of carbonyl (C=O) groups is 1. The highest BCUT2D eigenvalue weighted by Crippen LogP contribution is 2.65. The zero-order valence-corrected chi connectivity index (χ0v) is 19.5. The predicted molar refractivity (Wildman–Crippen MR) is 115 cm³/mol. The molecule has 3 saturated carbocycles. The van der Waals surface area contributed by atoms with Gasteiger partial charge in [0.05, 0.1) is 6.61 Å². The van der Waals surface area contributed by atoms with Crippen LogP contribution in [-0.4, -0.2) is 18.8 Å². The fraction of sp³-hybridized carbons (Fsp3) is 0.885. The summed E-state index contributed by atoms with van der Waals surface area (Å²) in [5.41, 5.74) is 4.33. The van der Waals surface area contributed by atoms with Crippen LogP contribution >= 0.6 is 0 Å². The van der Waals surface area contributed by atoms with Crippen LogP contribution in [0.2, 0.25) is 0 Å². The van der Waals surface area contributed by atoms with Gasteiger partial charge in [0, 0.05) is 0 Å². The molecule has 4 aliphatic carbocycles. The highest BCUT2D eigenvalue weighted by atomic mass is 19.4. The number of hydrogen-bond donors (Lipinski definition) is 0. The number of allylic oxidation sites excluding steroid dienone is 2. The van der Waals surface area contributed by atoms with Crippen molar-refractivity contribution in [3.8, 4) is 0 Å². The Morgan fingerprint density at radius 3 is 2.61 bits per heavy atom. The van der Waals surface area contributed by atoms with E-state index in [4.69, 9.17) is 0 Å². The summed E-state index contributed by atoms with van der Waals surface area (Å²) in [5, 5.41) is 0. The molecular weight excluding hydrogens is 401 g/mol. The summed E-state index contributed by atoms with van der Waals surface area (Å²) in [7, 11) is 0. The Morgan fingerprint density at radius 2 is 1.87 bits per heavy atom. The van der Waals surface area contributed by atoms with Crippen molar-refractivity contribution in [3.63, 3.8) is 0 Å².